The van der Waals surface area contributed by atoms with E-state index in [1.807, 2.05) is 13.0 Å². The molecule has 0 unspecified atom stereocenters. The number of carbonyl (C=O) groups is 1. The molecule has 208 valence electrons. The summed E-state index contributed by atoms with van der Waals surface area (Å²) in [5, 5.41) is 0. The van der Waals surface area contributed by atoms with Crippen molar-refractivity contribution in [3.05, 3.63) is 119 Å². The van der Waals surface area contributed by atoms with Crippen LogP contribution in [0, 0.1) is 25.6 Å². The number of amides is 1. The van der Waals surface area contributed by atoms with Crippen molar-refractivity contribution in [1.29, 1.82) is 0 Å². The molecule has 1 fully saturated rings. The highest BCUT2D eigenvalue weighted by Gasteiger charge is 2.31. The maximum Gasteiger partial charge on any atom is 0.319 e. The molecule has 0 N–H and O–H groups in total. The summed E-state index contributed by atoms with van der Waals surface area (Å²) < 4.78 is 42.1. The zero-order chi connectivity index (χ0) is 29.0. The van der Waals surface area contributed by atoms with Gasteiger partial charge in [0.05, 0.1) is 17.0 Å². The second-order valence-corrected chi connectivity index (χ2v) is 10.1. The van der Waals surface area contributed by atoms with E-state index < -0.39 is 12.4 Å². The summed E-state index contributed by atoms with van der Waals surface area (Å²) in [6.07, 6.45) is 2.55. The van der Waals surface area contributed by atoms with Crippen LogP contribution in [0.1, 0.15) is 52.5 Å². The van der Waals surface area contributed by atoms with Gasteiger partial charge in [0.25, 0.3) is 5.91 Å². The minimum absolute atomic E-state index is 0.174. The summed E-state index contributed by atoms with van der Waals surface area (Å²) in [5.74, 6) is -0.745. The molecule has 1 aliphatic rings. The van der Waals surface area contributed by atoms with Gasteiger partial charge < -0.3 is 4.90 Å². The number of para-hydroxylation sites is 1. The molecule has 4 rings (SSSR count). The third kappa shape index (κ3) is 6.33. The van der Waals surface area contributed by atoms with Gasteiger partial charge in [-0.15, -0.1) is 0 Å². The Bertz CT molecular complexity index is 1460. The van der Waals surface area contributed by atoms with Crippen LogP contribution in [-0.2, 0) is 0 Å². The van der Waals surface area contributed by atoms with Gasteiger partial charge >= 0.3 is 6.55 Å². The number of aryl methyl sites for hydroxylation is 2. The number of halogens is 3. The van der Waals surface area contributed by atoms with Crippen molar-refractivity contribution in [1.82, 2.24) is 9.88 Å². The standard InChI is InChI=1S/C32H33F3N4O/c1-20(2)37-30(25-10-8-11-27(33)18-25)29-22(4)17-26(19-36-29)31(40)38-15-13-24(14-16-38)23(5)39(32(34)35)28-12-7-6-9-21(28)3/h6-12,17-19,24,32H,1,5,13-16H2,2-4H3. The largest absolute Gasteiger partial charge is 0.339 e. The summed E-state index contributed by atoms with van der Waals surface area (Å²) in [6, 6.07) is 14.9. The summed E-state index contributed by atoms with van der Waals surface area (Å²) in [5.41, 5.74) is 4.78. The lowest BCUT2D eigenvalue weighted by molar-refractivity contribution is 0.0695. The molecule has 0 saturated carbocycles. The number of pyridine rings is 1. The highest BCUT2D eigenvalue weighted by Crippen LogP contribution is 2.34. The fourth-order valence-corrected chi connectivity index (χ4v) is 5.03. The van der Waals surface area contributed by atoms with Crippen LogP contribution in [0.3, 0.4) is 0 Å². The van der Waals surface area contributed by atoms with Crippen molar-refractivity contribution in [3.8, 4) is 0 Å². The lowest BCUT2D eigenvalue weighted by Gasteiger charge is -2.37. The molecule has 0 aliphatic carbocycles. The Morgan fingerprint density at radius 1 is 1.02 bits per heavy atom. The summed E-state index contributed by atoms with van der Waals surface area (Å²) >= 11 is 0. The first-order valence-electron chi connectivity index (χ1n) is 13.1. The maximum absolute atomic E-state index is 14.1. The Hall–Kier alpha value is -4.20. The smallest absolute Gasteiger partial charge is 0.319 e. The van der Waals surface area contributed by atoms with E-state index in [9.17, 15) is 18.0 Å². The summed E-state index contributed by atoms with van der Waals surface area (Å²) in [4.78, 5) is 25.1. The molecule has 0 atom stereocenters. The van der Waals surface area contributed by atoms with Crippen molar-refractivity contribution >= 4 is 17.3 Å². The molecule has 0 spiro atoms. The van der Waals surface area contributed by atoms with Crippen molar-refractivity contribution in [3.63, 3.8) is 0 Å². The number of benzene rings is 2. The number of allylic oxidation sites excluding steroid dienone is 2. The molecular weight excluding hydrogens is 513 g/mol. The first-order chi connectivity index (χ1) is 19.1. The fourth-order valence-electron chi connectivity index (χ4n) is 5.03. The van der Waals surface area contributed by atoms with Gasteiger partial charge in [-0.2, -0.15) is 8.78 Å². The highest BCUT2D eigenvalue weighted by atomic mass is 19.3. The Kier molecular flexibility index (Phi) is 8.87. The lowest BCUT2D eigenvalue weighted by atomic mass is 9.92. The third-order valence-electron chi connectivity index (χ3n) is 7.08. The number of hydrogen-bond acceptors (Lipinski definition) is 4. The van der Waals surface area contributed by atoms with E-state index in [-0.39, 0.29) is 11.8 Å². The predicted molar refractivity (Wildman–Crippen MR) is 153 cm³/mol. The molecule has 1 aromatic heterocycles. The highest BCUT2D eigenvalue weighted by molar-refractivity contribution is 6.13. The second kappa shape index (κ2) is 12.3. The number of aromatic nitrogens is 1. The molecule has 0 radical (unpaired) electrons. The van der Waals surface area contributed by atoms with Crippen LogP contribution < -0.4 is 4.90 Å². The number of piperidine rings is 1. The number of rotatable bonds is 8. The number of carbonyl (C=O) groups excluding carboxylic acids is 1. The SMILES string of the molecule is C=C(C)N=C(c1cccc(F)c1)c1ncc(C(=O)N2CCC(C(=C)N(c3ccccc3C)C(F)F)CC2)cc1C. The number of hydrogen-bond donors (Lipinski definition) is 0. The average Bonchev–Trinajstić information content (AvgIpc) is 2.92. The van der Waals surface area contributed by atoms with Gasteiger partial charge in [0.1, 0.15) is 5.82 Å². The number of alkyl halides is 2. The Morgan fingerprint density at radius 2 is 1.73 bits per heavy atom. The van der Waals surface area contributed by atoms with Crippen molar-refractivity contribution < 1.29 is 18.0 Å². The minimum atomic E-state index is -2.72. The van der Waals surface area contributed by atoms with Crippen LogP contribution >= 0.6 is 0 Å². The van der Waals surface area contributed by atoms with E-state index in [2.05, 4.69) is 23.1 Å². The monoisotopic (exact) mass is 546 g/mol. The van der Waals surface area contributed by atoms with Crippen LogP contribution in [-0.4, -0.2) is 41.1 Å². The Labute approximate surface area is 233 Å². The van der Waals surface area contributed by atoms with E-state index in [1.54, 1.807) is 55.1 Å². The quantitative estimate of drug-likeness (QED) is 0.220. The average molecular weight is 547 g/mol. The van der Waals surface area contributed by atoms with Crippen molar-refractivity contribution in [2.24, 2.45) is 10.9 Å². The summed E-state index contributed by atoms with van der Waals surface area (Å²) in [7, 11) is 0. The molecule has 8 heteroatoms. The molecule has 2 heterocycles. The second-order valence-electron chi connectivity index (χ2n) is 10.1. The van der Waals surface area contributed by atoms with Crippen molar-refractivity contribution in [2.45, 2.75) is 40.2 Å². The molecular formula is C32H33F3N4O. The van der Waals surface area contributed by atoms with E-state index >= 15 is 0 Å². The Morgan fingerprint density at radius 3 is 2.33 bits per heavy atom. The lowest BCUT2D eigenvalue weighted by Crippen LogP contribution is -2.41. The van der Waals surface area contributed by atoms with Gasteiger partial charge in [-0.25, -0.2) is 4.39 Å². The predicted octanol–water partition coefficient (Wildman–Crippen LogP) is 7.30. The van der Waals surface area contributed by atoms with Crippen LogP contribution in [0.5, 0.6) is 0 Å². The fraction of sp³-hybridized carbons (Fsp3) is 0.281. The van der Waals surface area contributed by atoms with Crippen LogP contribution in [0.15, 0.2) is 90.3 Å². The van der Waals surface area contributed by atoms with E-state index in [1.165, 1.54) is 18.3 Å². The minimum Gasteiger partial charge on any atom is -0.339 e. The number of nitrogens with zero attached hydrogens (tertiary/aromatic N) is 4. The normalized spacial score (nSPS) is 14.4. The van der Waals surface area contributed by atoms with Gasteiger partial charge in [0.15, 0.2) is 0 Å². The number of anilines is 1. The first kappa shape index (κ1) is 28.8. The molecule has 0 bridgehead atoms. The van der Waals surface area contributed by atoms with Crippen LogP contribution in [0.25, 0.3) is 0 Å². The third-order valence-corrected chi connectivity index (χ3v) is 7.08. The molecule has 3 aromatic rings. The van der Waals surface area contributed by atoms with E-state index in [4.69, 9.17) is 0 Å². The van der Waals surface area contributed by atoms with E-state index in [0.29, 0.717) is 71.1 Å². The van der Waals surface area contributed by atoms with Gasteiger partial charge in [-0.3, -0.25) is 19.7 Å². The van der Waals surface area contributed by atoms with E-state index in [0.717, 1.165) is 10.5 Å². The molecule has 40 heavy (non-hydrogen) atoms. The van der Waals surface area contributed by atoms with Gasteiger partial charge in [0, 0.05) is 47.8 Å². The van der Waals surface area contributed by atoms with Gasteiger partial charge in [0.2, 0.25) is 0 Å². The zero-order valence-corrected chi connectivity index (χ0v) is 23.0. The van der Waals surface area contributed by atoms with Gasteiger partial charge in [-0.1, -0.05) is 43.5 Å². The number of likely N-dealkylation sites (tertiary alicyclic amines) is 1. The van der Waals surface area contributed by atoms with Gasteiger partial charge in [-0.05, 0) is 69.0 Å². The number of aliphatic imine (C=N–C) groups is 1. The topological polar surface area (TPSA) is 48.8 Å². The first-order valence-corrected chi connectivity index (χ1v) is 13.1. The molecule has 1 amide bonds. The van der Waals surface area contributed by atoms with Crippen molar-refractivity contribution in [2.75, 3.05) is 18.0 Å². The van der Waals surface area contributed by atoms with Crippen LogP contribution in [0.4, 0.5) is 18.9 Å². The summed E-state index contributed by atoms with van der Waals surface area (Å²) in [6.45, 7) is 11.4. The Balaban J connectivity index is 1.48. The molecule has 5 nitrogen and oxygen atoms in total. The zero-order valence-electron chi connectivity index (χ0n) is 23.0. The maximum atomic E-state index is 14.1. The van der Waals surface area contributed by atoms with Crippen LogP contribution in [0.2, 0.25) is 0 Å². The molecule has 1 aliphatic heterocycles. The molecule has 2 aromatic carbocycles. The molecule has 1 saturated heterocycles.